The normalized spacial score (nSPS) is 12.0. The van der Waals surface area contributed by atoms with Crippen LogP contribution in [0.1, 0.15) is 30.5 Å². The van der Waals surface area contributed by atoms with Crippen molar-refractivity contribution in [3.05, 3.63) is 28.8 Å². The van der Waals surface area contributed by atoms with E-state index in [1.165, 1.54) is 0 Å². The van der Waals surface area contributed by atoms with E-state index in [0.29, 0.717) is 13.2 Å². The topological polar surface area (TPSA) is 55.7 Å². The predicted molar refractivity (Wildman–Crippen MR) is 98.4 cm³/mol. The molecule has 0 N–H and O–H groups in total. The van der Waals surface area contributed by atoms with Crippen molar-refractivity contribution in [2.24, 2.45) is 10.1 Å². The average molecular weight is 335 g/mol. The molecule has 0 radical (unpaired) electrons. The van der Waals surface area contributed by atoms with Crippen molar-refractivity contribution < 1.29 is 14.3 Å². The van der Waals surface area contributed by atoms with Crippen molar-refractivity contribution in [1.29, 1.82) is 0 Å². The van der Waals surface area contributed by atoms with Crippen LogP contribution in [0.5, 0.6) is 0 Å². The first kappa shape index (κ1) is 20.1. The standard InChI is InChI=1S/C18H29N3O3/c1-7-21(5)12-19-18-11-14(2)17(10-15(18)3)16(4)20-24-13-23-9-8-22-6/h10-12H,7-9,13H2,1-6H3/b19-12?,20-16+. The summed E-state index contributed by atoms with van der Waals surface area (Å²) in [6, 6.07) is 4.15. The second-order valence-electron chi connectivity index (χ2n) is 5.60. The Bertz CT molecular complexity index is 571. The molecular weight excluding hydrogens is 306 g/mol. The maximum Gasteiger partial charge on any atom is 0.216 e. The highest BCUT2D eigenvalue weighted by Gasteiger charge is 2.07. The quantitative estimate of drug-likeness (QED) is 0.216. The minimum Gasteiger partial charge on any atom is -0.382 e. The number of nitrogens with zero attached hydrogens (tertiary/aromatic N) is 3. The summed E-state index contributed by atoms with van der Waals surface area (Å²) in [6.45, 7) is 10.2. The first-order chi connectivity index (χ1) is 11.5. The average Bonchev–Trinajstić information content (AvgIpc) is 2.57. The molecule has 0 atom stereocenters. The van der Waals surface area contributed by atoms with E-state index >= 15 is 0 Å². The molecule has 0 heterocycles. The molecule has 0 bridgehead atoms. The maximum atomic E-state index is 5.22. The van der Waals surface area contributed by atoms with E-state index in [1.807, 2.05) is 39.1 Å². The van der Waals surface area contributed by atoms with Crippen molar-refractivity contribution in [3.8, 4) is 0 Å². The lowest BCUT2D eigenvalue weighted by atomic mass is 10.0. The third-order valence-electron chi connectivity index (χ3n) is 3.59. The second kappa shape index (κ2) is 10.8. The molecule has 0 amide bonds. The van der Waals surface area contributed by atoms with Gasteiger partial charge in [0.1, 0.15) is 0 Å². The van der Waals surface area contributed by atoms with Crippen molar-refractivity contribution in [1.82, 2.24) is 4.90 Å². The summed E-state index contributed by atoms with van der Waals surface area (Å²) >= 11 is 0. The van der Waals surface area contributed by atoms with Crippen LogP contribution in [0.15, 0.2) is 22.3 Å². The summed E-state index contributed by atoms with van der Waals surface area (Å²) in [5.41, 5.74) is 5.03. The highest BCUT2D eigenvalue weighted by Crippen LogP contribution is 2.23. The zero-order valence-corrected chi connectivity index (χ0v) is 15.6. The number of aryl methyl sites for hydroxylation is 2. The van der Waals surface area contributed by atoms with Crippen molar-refractivity contribution >= 4 is 17.7 Å². The minimum absolute atomic E-state index is 0.116. The van der Waals surface area contributed by atoms with Gasteiger partial charge in [-0.1, -0.05) is 5.16 Å². The van der Waals surface area contributed by atoms with E-state index in [2.05, 4.69) is 29.2 Å². The third kappa shape index (κ3) is 6.68. The molecule has 0 spiro atoms. The van der Waals surface area contributed by atoms with Gasteiger partial charge >= 0.3 is 0 Å². The second-order valence-corrected chi connectivity index (χ2v) is 5.60. The Labute approximate surface area is 145 Å². The number of hydrogen-bond donors (Lipinski definition) is 0. The maximum absolute atomic E-state index is 5.22. The number of aliphatic imine (C=N–C) groups is 1. The van der Waals surface area contributed by atoms with E-state index in [0.717, 1.165) is 34.6 Å². The van der Waals surface area contributed by atoms with Gasteiger partial charge in [0.05, 0.1) is 31.0 Å². The number of ether oxygens (including phenoxy) is 2. The minimum atomic E-state index is 0.116. The monoisotopic (exact) mass is 335 g/mol. The van der Waals surface area contributed by atoms with Gasteiger partial charge in [-0.15, -0.1) is 0 Å². The summed E-state index contributed by atoms with van der Waals surface area (Å²) in [5.74, 6) is 0. The Balaban J connectivity index is 2.74. The van der Waals surface area contributed by atoms with Gasteiger partial charge in [0.15, 0.2) is 0 Å². The molecule has 0 unspecified atom stereocenters. The van der Waals surface area contributed by atoms with Crippen LogP contribution in [-0.2, 0) is 14.3 Å². The Morgan fingerprint density at radius 2 is 1.96 bits per heavy atom. The summed E-state index contributed by atoms with van der Waals surface area (Å²) in [4.78, 5) is 11.8. The zero-order valence-electron chi connectivity index (χ0n) is 15.6. The van der Waals surface area contributed by atoms with Gasteiger partial charge in [-0.05, 0) is 51.0 Å². The molecule has 0 saturated carbocycles. The molecule has 0 saturated heterocycles. The number of oxime groups is 1. The zero-order chi connectivity index (χ0) is 17.9. The van der Waals surface area contributed by atoms with E-state index < -0.39 is 0 Å². The van der Waals surface area contributed by atoms with Gasteiger partial charge < -0.3 is 19.2 Å². The van der Waals surface area contributed by atoms with Crippen molar-refractivity contribution in [2.75, 3.05) is 40.7 Å². The fourth-order valence-corrected chi connectivity index (χ4v) is 1.98. The summed E-state index contributed by atoms with van der Waals surface area (Å²) < 4.78 is 10.1. The molecular formula is C18H29N3O3. The molecule has 24 heavy (non-hydrogen) atoms. The van der Waals surface area contributed by atoms with E-state index in [1.54, 1.807) is 7.11 Å². The molecule has 1 rings (SSSR count). The molecule has 134 valence electrons. The lowest BCUT2D eigenvalue weighted by Gasteiger charge is -2.11. The van der Waals surface area contributed by atoms with Crippen LogP contribution >= 0.6 is 0 Å². The van der Waals surface area contributed by atoms with Crippen LogP contribution in [0.3, 0.4) is 0 Å². The Kier molecular flexibility index (Phi) is 9.04. The number of benzene rings is 1. The van der Waals surface area contributed by atoms with Gasteiger partial charge in [0.25, 0.3) is 0 Å². The molecule has 6 nitrogen and oxygen atoms in total. The first-order valence-corrected chi connectivity index (χ1v) is 8.08. The van der Waals surface area contributed by atoms with Gasteiger partial charge in [-0.3, -0.25) is 0 Å². The van der Waals surface area contributed by atoms with E-state index in [4.69, 9.17) is 14.3 Å². The van der Waals surface area contributed by atoms with Crippen LogP contribution < -0.4 is 0 Å². The molecule has 0 fully saturated rings. The summed E-state index contributed by atoms with van der Waals surface area (Å²) in [5, 5.41) is 4.12. The van der Waals surface area contributed by atoms with Gasteiger partial charge in [0.2, 0.25) is 6.79 Å². The Hall–Kier alpha value is -1.92. The van der Waals surface area contributed by atoms with Crippen LogP contribution in [0.25, 0.3) is 0 Å². The highest BCUT2D eigenvalue weighted by atomic mass is 16.7. The fourth-order valence-electron chi connectivity index (χ4n) is 1.98. The third-order valence-corrected chi connectivity index (χ3v) is 3.59. The van der Waals surface area contributed by atoms with Crippen LogP contribution in [0.4, 0.5) is 5.69 Å². The SMILES string of the molecule is CCN(C)C=Nc1cc(C)c(/C(C)=N/OCOCCOC)cc1C. The van der Waals surface area contributed by atoms with Gasteiger partial charge in [0, 0.05) is 26.3 Å². The van der Waals surface area contributed by atoms with E-state index in [9.17, 15) is 0 Å². The lowest BCUT2D eigenvalue weighted by Crippen LogP contribution is -2.14. The van der Waals surface area contributed by atoms with Gasteiger partial charge in [-0.25, -0.2) is 4.99 Å². The molecule has 0 aromatic heterocycles. The first-order valence-electron chi connectivity index (χ1n) is 8.08. The van der Waals surface area contributed by atoms with Crippen molar-refractivity contribution in [3.63, 3.8) is 0 Å². The largest absolute Gasteiger partial charge is 0.382 e. The highest BCUT2D eigenvalue weighted by molar-refractivity contribution is 6.00. The summed E-state index contributed by atoms with van der Waals surface area (Å²) in [6.07, 6.45) is 1.85. The van der Waals surface area contributed by atoms with Crippen LogP contribution in [0.2, 0.25) is 0 Å². The number of rotatable bonds is 10. The Morgan fingerprint density at radius 1 is 1.21 bits per heavy atom. The molecule has 0 aliphatic heterocycles. The smallest absolute Gasteiger partial charge is 0.216 e. The molecule has 1 aromatic carbocycles. The Morgan fingerprint density at radius 3 is 2.62 bits per heavy atom. The van der Waals surface area contributed by atoms with Crippen LogP contribution in [-0.4, -0.2) is 57.7 Å². The molecule has 0 aliphatic carbocycles. The summed E-state index contributed by atoms with van der Waals surface area (Å²) in [7, 11) is 3.63. The lowest BCUT2D eigenvalue weighted by molar-refractivity contribution is -0.0643. The fraction of sp³-hybridized carbons (Fsp3) is 0.556. The van der Waals surface area contributed by atoms with Crippen LogP contribution in [0, 0.1) is 13.8 Å². The molecule has 0 aliphatic rings. The van der Waals surface area contributed by atoms with E-state index in [-0.39, 0.29) is 6.79 Å². The molecule has 1 aromatic rings. The number of methoxy groups -OCH3 is 1. The van der Waals surface area contributed by atoms with Crippen molar-refractivity contribution in [2.45, 2.75) is 27.7 Å². The predicted octanol–water partition coefficient (Wildman–Crippen LogP) is 3.28. The van der Waals surface area contributed by atoms with Gasteiger partial charge in [-0.2, -0.15) is 0 Å². The molecule has 6 heteroatoms. The number of hydrogen-bond acceptors (Lipinski definition) is 5.